The minimum absolute atomic E-state index is 0.178. The van der Waals surface area contributed by atoms with Crippen molar-refractivity contribution in [1.82, 2.24) is 10.3 Å². The number of benzene rings is 2. The SMILES string of the molecule is O=C(NCCc1ccc(F)cc1)c1ccc(NCCc2ccc(Cl)cc2)nc1. The summed E-state index contributed by atoms with van der Waals surface area (Å²) in [6.07, 6.45) is 3.05. The zero-order chi connectivity index (χ0) is 19.8. The molecule has 0 saturated heterocycles. The number of aromatic nitrogens is 1. The summed E-state index contributed by atoms with van der Waals surface area (Å²) in [6, 6.07) is 17.5. The van der Waals surface area contributed by atoms with E-state index < -0.39 is 0 Å². The lowest BCUT2D eigenvalue weighted by atomic mass is 10.1. The van der Waals surface area contributed by atoms with Gasteiger partial charge in [0.05, 0.1) is 5.56 Å². The van der Waals surface area contributed by atoms with Gasteiger partial charge in [0, 0.05) is 24.3 Å². The number of hydrogen-bond donors (Lipinski definition) is 2. The summed E-state index contributed by atoms with van der Waals surface area (Å²) >= 11 is 5.88. The maximum Gasteiger partial charge on any atom is 0.252 e. The number of nitrogens with one attached hydrogen (secondary N) is 2. The summed E-state index contributed by atoms with van der Waals surface area (Å²) < 4.78 is 12.9. The maximum absolute atomic E-state index is 12.9. The van der Waals surface area contributed by atoms with Crippen LogP contribution in [0.1, 0.15) is 21.5 Å². The Kier molecular flexibility index (Phi) is 6.98. The highest BCUT2D eigenvalue weighted by Gasteiger charge is 2.06. The first-order valence-electron chi connectivity index (χ1n) is 9.07. The second-order valence-electron chi connectivity index (χ2n) is 6.37. The average Bonchev–Trinajstić information content (AvgIpc) is 2.71. The summed E-state index contributed by atoms with van der Waals surface area (Å²) in [7, 11) is 0. The monoisotopic (exact) mass is 397 g/mol. The fourth-order valence-corrected chi connectivity index (χ4v) is 2.82. The summed E-state index contributed by atoms with van der Waals surface area (Å²) in [5.74, 6) is 0.278. The molecule has 4 nitrogen and oxygen atoms in total. The van der Waals surface area contributed by atoms with Gasteiger partial charge in [-0.25, -0.2) is 9.37 Å². The summed E-state index contributed by atoms with van der Waals surface area (Å²) in [4.78, 5) is 16.5. The van der Waals surface area contributed by atoms with Gasteiger partial charge in [-0.05, 0) is 60.4 Å². The molecule has 144 valence electrons. The van der Waals surface area contributed by atoms with Crippen LogP contribution in [0.5, 0.6) is 0 Å². The first kappa shape index (κ1) is 19.8. The number of pyridine rings is 1. The zero-order valence-corrected chi connectivity index (χ0v) is 16.0. The van der Waals surface area contributed by atoms with Crippen molar-refractivity contribution in [2.45, 2.75) is 12.8 Å². The van der Waals surface area contributed by atoms with Crippen LogP contribution in [0.3, 0.4) is 0 Å². The van der Waals surface area contributed by atoms with Crippen molar-refractivity contribution < 1.29 is 9.18 Å². The highest BCUT2D eigenvalue weighted by molar-refractivity contribution is 6.30. The molecule has 1 amide bonds. The van der Waals surface area contributed by atoms with Crippen molar-refractivity contribution in [3.8, 4) is 0 Å². The van der Waals surface area contributed by atoms with Crippen molar-refractivity contribution in [3.05, 3.63) is 94.4 Å². The number of hydrogen-bond acceptors (Lipinski definition) is 3. The Morgan fingerprint density at radius 1 is 0.893 bits per heavy atom. The zero-order valence-electron chi connectivity index (χ0n) is 15.3. The Hall–Kier alpha value is -2.92. The molecule has 3 aromatic rings. The van der Waals surface area contributed by atoms with E-state index in [9.17, 15) is 9.18 Å². The quantitative estimate of drug-likeness (QED) is 0.588. The largest absolute Gasteiger partial charge is 0.370 e. The molecule has 0 bridgehead atoms. The Morgan fingerprint density at radius 2 is 1.54 bits per heavy atom. The molecule has 0 saturated carbocycles. The number of amides is 1. The molecular formula is C22H21ClFN3O. The van der Waals surface area contributed by atoms with Gasteiger partial charge in [-0.3, -0.25) is 4.79 Å². The number of carbonyl (C=O) groups is 1. The Bertz CT molecular complexity index is 897. The molecule has 2 aromatic carbocycles. The Balaban J connectivity index is 1.42. The predicted molar refractivity (Wildman–Crippen MR) is 110 cm³/mol. The number of nitrogens with zero attached hydrogens (tertiary/aromatic N) is 1. The molecule has 0 aliphatic rings. The van der Waals surface area contributed by atoms with Gasteiger partial charge in [-0.15, -0.1) is 0 Å². The van der Waals surface area contributed by atoms with E-state index in [-0.39, 0.29) is 11.7 Å². The molecule has 0 spiro atoms. The van der Waals surface area contributed by atoms with Gasteiger partial charge in [0.25, 0.3) is 5.91 Å². The van der Waals surface area contributed by atoms with Crippen molar-refractivity contribution in [2.24, 2.45) is 0 Å². The third kappa shape index (κ3) is 6.06. The molecule has 3 rings (SSSR count). The van der Waals surface area contributed by atoms with Crippen LogP contribution >= 0.6 is 11.6 Å². The molecule has 0 aliphatic heterocycles. The van der Waals surface area contributed by atoms with Gasteiger partial charge in [0.1, 0.15) is 11.6 Å². The first-order valence-corrected chi connectivity index (χ1v) is 9.45. The van der Waals surface area contributed by atoms with Gasteiger partial charge in [0.15, 0.2) is 0 Å². The molecule has 2 N–H and O–H groups in total. The third-order valence-corrected chi connectivity index (χ3v) is 4.52. The van der Waals surface area contributed by atoms with Gasteiger partial charge in [0.2, 0.25) is 0 Å². The molecule has 0 atom stereocenters. The smallest absolute Gasteiger partial charge is 0.252 e. The van der Waals surface area contributed by atoms with E-state index in [2.05, 4.69) is 15.6 Å². The fraction of sp³-hybridized carbons (Fsp3) is 0.182. The molecular weight excluding hydrogens is 377 g/mol. The number of rotatable bonds is 8. The molecule has 0 aliphatic carbocycles. The van der Waals surface area contributed by atoms with Gasteiger partial charge in [-0.1, -0.05) is 35.9 Å². The summed E-state index contributed by atoms with van der Waals surface area (Å²) in [5, 5.41) is 6.81. The molecule has 1 heterocycles. The third-order valence-electron chi connectivity index (χ3n) is 4.27. The van der Waals surface area contributed by atoms with E-state index >= 15 is 0 Å². The van der Waals surface area contributed by atoms with Gasteiger partial charge >= 0.3 is 0 Å². The van der Waals surface area contributed by atoms with E-state index in [1.165, 1.54) is 17.7 Å². The molecule has 1 aromatic heterocycles. The molecule has 28 heavy (non-hydrogen) atoms. The second-order valence-corrected chi connectivity index (χ2v) is 6.80. The maximum atomic E-state index is 12.9. The standard InChI is InChI=1S/C22H21ClFN3O/c23-19-6-1-16(2-7-19)11-13-25-21-10-5-18(15-27-21)22(28)26-14-12-17-3-8-20(24)9-4-17/h1-10,15H,11-14H2,(H,25,27)(H,26,28). The van der Waals surface area contributed by atoms with Crippen LogP contribution in [-0.4, -0.2) is 24.0 Å². The van der Waals surface area contributed by atoms with Crippen LogP contribution in [0.15, 0.2) is 66.9 Å². The molecule has 0 unspecified atom stereocenters. The van der Waals surface area contributed by atoms with Crippen molar-refractivity contribution in [2.75, 3.05) is 18.4 Å². The summed E-state index contributed by atoms with van der Waals surface area (Å²) in [6.45, 7) is 1.21. The van der Waals surface area contributed by atoms with Gasteiger partial charge in [-0.2, -0.15) is 0 Å². The number of halogens is 2. The normalized spacial score (nSPS) is 10.5. The number of anilines is 1. The molecule has 0 radical (unpaired) electrons. The van der Waals surface area contributed by atoms with Crippen LogP contribution in [0.4, 0.5) is 10.2 Å². The van der Waals surface area contributed by atoms with E-state index in [1.807, 2.05) is 24.3 Å². The number of carbonyl (C=O) groups excluding carboxylic acids is 1. The highest BCUT2D eigenvalue weighted by Crippen LogP contribution is 2.11. The van der Waals surface area contributed by atoms with E-state index in [0.717, 1.165) is 29.4 Å². The van der Waals surface area contributed by atoms with Crippen molar-refractivity contribution in [3.63, 3.8) is 0 Å². The van der Waals surface area contributed by atoms with E-state index in [1.54, 1.807) is 30.5 Å². The Labute approximate surface area is 168 Å². The molecule has 6 heteroatoms. The minimum atomic E-state index is -0.263. The predicted octanol–water partition coefficient (Wildman–Crippen LogP) is 4.50. The van der Waals surface area contributed by atoms with E-state index in [0.29, 0.717) is 18.5 Å². The van der Waals surface area contributed by atoms with Crippen LogP contribution in [-0.2, 0) is 12.8 Å². The highest BCUT2D eigenvalue weighted by atomic mass is 35.5. The average molecular weight is 398 g/mol. The lowest BCUT2D eigenvalue weighted by Gasteiger charge is -2.08. The minimum Gasteiger partial charge on any atom is -0.370 e. The second kappa shape index (κ2) is 9.85. The van der Waals surface area contributed by atoms with Crippen LogP contribution in [0.25, 0.3) is 0 Å². The van der Waals surface area contributed by atoms with Crippen LogP contribution in [0, 0.1) is 5.82 Å². The van der Waals surface area contributed by atoms with E-state index in [4.69, 9.17) is 11.6 Å². The van der Waals surface area contributed by atoms with Crippen molar-refractivity contribution >= 4 is 23.3 Å². The summed E-state index contributed by atoms with van der Waals surface area (Å²) in [5.41, 5.74) is 2.66. The topological polar surface area (TPSA) is 54.0 Å². The lowest BCUT2D eigenvalue weighted by molar-refractivity contribution is 0.0954. The van der Waals surface area contributed by atoms with Crippen LogP contribution < -0.4 is 10.6 Å². The fourth-order valence-electron chi connectivity index (χ4n) is 2.69. The lowest BCUT2D eigenvalue weighted by Crippen LogP contribution is -2.25. The van der Waals surface area contributed by atoms with Crippen LogP contribution in [0.2, 0.25) is 5.02 Å². The Morgan fingerprint density at radius 3 is 2.18 bits per heavy atom. The van der Waals surface area contributed by atoms with Crippen molar-refractivity contribution in [1.29, 1.82) is 0 Å². The van der Waals surface area contributed by atoms with Gasteiger partial charge < -0.3 is 10.6 Å². The first-order chi connectivity index (χ1) is 13.6. The molecule has 0 fully saturated rings.